The predicted molar refractivity (Wildman–Crippen MR) is 86.2 cm³/mol. The van der Waals surface area contributed by atoms with Gasteiger partial charge in [-0.1, -0.05) is 30.3 Å². The third kappa shape index (κ3) is 7.71. The number of ether oxygens (including phenoxy) is 1. The van der Waals surface area contributed by atoms with E-state index in [4.69, 9.17) is 4.74 Å². The van der Waals surface area contributed by atoms with E-state index in [1.165, 1.54) is 5.56 Å². The van der Waals surface area contributed by atoms with Crippen molar-refractivity contribution in [2.45, 2.75) is 46.3 Å². The molecule has 0 radical (unpaired) electrons. The van der Waals surface area contributed by atoms with E-state index in [1.54, 1.807) is 4.90 Å². The molecule has 1 aromatic rings. The maximum absolute atomic E-state index is 12.0. The Morgan fingerprint density at radius 2 is 1.90 bits per heavy atom. The van der Waals surface area contributed by atoms with Gasteiger partial charge < -0.3 is 15.0 Å². The summed E-state index contributed by atoms with van der Waals surface area (Å²) in [5.74, 6) is 0. The van der Waals surface area contributed by atoms with Crippen LogP contribution < -0.4 is 5.32 Å². The lowest BCUT2D eigenvalue weighted by Crippen LogP contribution is -2.38. The number of rotatable bonds is 7. The third-order valence-electron chi connectivity index (χ3n) is 2.99. The molecule has 4 heteroatoms. The van der Waals surface area contributed by atoms with Gasteiger partial charge in [0.05, 0.1) is 0 Å². The lowest BCUT2D eigenvalue weighted by molar-refractivity contribution is 0.0258. The van der Waals surface area contributed by atoms with Crippen LogP contribution in [0.3, 0.4) is 0 Å². The molecule has 4 nitrogen and oxygen atoms in total. The molecule has 0 bridgehead atoms. The molecular weight excluding hydrogens is 264 g/mol. The lowest BCUT2D eigenvalue weighted by atomic mass is 10.2. The summed E-state index contributed by atoms with van der Waals surface area (Å²) >= 11 is 0. The van der Waals surface area contributed by atoms with Crippen LogP contribution in [0.4, 0.5) is 4.79 Å². The van der Waals surface area contributed by atoms with E-state index >= 15 is 0 Å². The van der Waals surface area contributed by atoms with Gasteiger partial charge in [0.25, 0.3) is 0 Å². The molecule has 1 aromatic carbocycles. The Labute approximate surface area is 128 Å². The number of nitrogens with one attached hydrogen (secondary N) is 1. The highest BCUT2D eigenvalue weighted by atomic mass is 16.6. The topological polar surface area (TPSA) is 41.6 Å². The summed E-state index contributed by atoms with van der Waals surface area (Å²) in [5.41, 5.74) is 0.841. The highest BCUT2D eigenvalue weighted by Crippen LogP contribution is 2.10. The van der Waals surface area contributed by atoms with Gasteiger partial charge in [-0.3, -0.25) is 0 Å². The minimum atomic E-state index is -0.434. The Morgan fingerprint density at radius 1 is 1.24 bits per heavy atom. The SMILES string of the molecule is CCN(CCCNCc1ccccc1)C(=O)OC(C)(C)C. The van der Waals surface area contributed by atoms with E-state index < -0.39 is 5.60 Å². The number of hydrogen-bond acceptors (Lipinski definition) is 3. The molecule has 0 saturated heterocycles. The first kappa shape index (κ1) is 17.5. The van der Waals surface area contributed by atoms with Crippen LogP contribution in [0, 0.1) is 0 Å². The van der Waals surface area contributed by atoms with Gasteiger partial charge >= 0.3 is 6.09 Å². The number of benzene rings is 1. The maximum Gasteiger partial charge on any atom is 0.410 e. The van der Waals surface area contributed by atoms with Gasteiger partial charge in [-0.05, 0) is 46.2 Å². The van der Waals surface area contributed by atoms with Crippen LogP contribution in [0.1, 0.15) is 39.7 Å². The fourth-order valence-electron chi connectivity index (χ4n) is 1.93. The van der Waals surface area contributed by atoms with Crippen LogP contribution in [-0.4, -0.2) is 36.2 Å². The van der Waals surface area contributed by atoms with Gasteiger partial charge in [-0.25, -0.2) is 4.79 Å². The number of nitrogens with zero attached hydrogens (tertiary/aromatic N) is 1. The largest absolute Gasteiger partial charge is 0.444 e. The molecule has 1 amide bonds. The van der Waals surface area contributed by atoms with Gasteiger partial charge in [0, 0.05) is 19.6 Å². The van der Waals surface area contributed by atoms with Gasteiger partial charge in [0.1, 0.15) is 5.60 Å². The molecule has 0 aliphatic carbocycles. The van der Waals surface area contributed by atoms with Crippen LogP contribution in [-0.2, 0) is 11.3 Å². The molecule has 0 heterocycles. The lowest BCUT2D eigenvalue weighted by Gasteiger charge is -2.26. The maximum atomic E-state index is 12.0. The molecular formula is C17H28N2O2. The van der Waals surface area contributed by atoms with E-state index in [9.17, 15) is 4.79 Å². The summed E-state index contributed by atoms with van der Waals surface area (Å²) in [7, 11) is 0. The third-order valence-corrected chi connectivity index (χ3v) is 2.99. The van der Waals surface area contributed by atoms with E-state index in [0.717, 1.165) is 19.5 Å². The number of carbonyl (C=O) groups excluding carboxylic acids is 1. The van der Waals surface area contributed by atoms with E-state index in [1.807, 2.05) is 45.9 Å². The number of hydrogen-bond donors (Lipinski definition) is 1. The van der Waals surface area contributed by atoms with Gasteiger partial charge in [-0.2, -0.15) is 0 Å². The normalized spacial score (nSPS) is 11.2. The van der Waals surface area contributed by atoms with Crippen molar-refractivity contribution in [3.63, 3.8) is 0 Å². The second-order valence-electron chi connectivity index (χ2n) is 6.08. The number of carbonyl (C=O) groups is 1. The standard InChI is InChI=1S/C17H28N2O2/c1-5-19(16(20)21-17(2,3)4)13-9-12-18-14-15-10-7-6-8-11-15/h6-8,10-11,18H,5,9,12-14H2,1-4H3. The highest BCUT2D eigenvalue weighted by molar-refractivity contribution is 5.68. The summed E-state index contributed by atoms with van der Waals surface area (Å²) in [6, 6.07) is 10.3. The molecule has 1 N–H and O–H groups in total. The summed E-state index contributed by atoms with van der Waals surface area (Å²) in [4.78, 5) is 13.7. The zero-order chi connectivity index (χ0) is 15.7. The highest BCUT2D eigenvalue weighted by Gasteiger charge is 2.20. The average molecular weight is 292 g/mol. The summed E-state index contributed by atoms with van der Waals surface area (Å²) in [5, 5.41) is 3.39. The molecule has 1 rings (SSSR count). The fraction of sp³-hybridized carbons (Fsp3) is 0.588. The molecule has 0 aliphatic rings. The number of amides is 1. The Morgan fingerprint density at radius 3 is 2.48 bits per heavy atom. The van der Waals surface area contributed by atoms with Gasteiger partial charge in [0.15, 0.2) is 0 Å². The first-order valence-electron chi connectivity index (χ1n) is 7.65. The van der Waals surface area contributed by atoms with Crippen molar-refractivity contribution < 1.29 is 9.53 Å². The fourth-order valence-corrected chi connectivity index (χ4v) is 1.93. The minimum absolute atomic E-state index is 0.229. The second kappa shape index (κ2) is 8.67. The van der Waals surface area contributed by atoms with Crippen molar-refractivity contribution in [2.24, 2.45) is 0 Å². The van der Waals surface area contributed by atoms with Crippen molar-refractivity contribution in [2.75, 3.05) is 19.6 Å². The quantitative estimate of drug-likeness (QED) is 0.783. The zero-order valence-corrected chi connectivity index (χ0v) is 13.7. The van der Waals surface area contributed by atoms with Crippen molar-refractivity contribution in [3.8, 4) is 0 Å². The molecule has 0 unspecified atom stereocenters. The van der Waals surface area contributed by atoms with Crippen LogP contribution >= 0.6 is 0 Å². The van der Waals surface area contributed by atoms with Gasteiger partial charge in [-0.15, -0.1) is 0 Å². The Bertz CT molecular complexity index is 413. The van der Waals surface area contributed by atoms with E-state index in [0.29, 0.717) is 13.1 Å². The van der Waals surface area contributed by atoms with E-state index in [-0.39, 0.29) is 6.09 Å². The average Bonchev–Trinajstić information content (AvgIpc) is 2.42. The Hall–Kier alpha value is -1.55. The zero-order valence-electron chi connectivity index (χ0n) is 13.7. The van der Waals surface area contributed by atoms with E-state index in [2.05, 4.69) is 17.4 Å². The molecule has 0 spiro atoms. The van der Waals surface area contributed by atoms with Crippen LogP contribution in [0.15, 0.2) is 30.3 Å². The van der Waals surface area contributed by atoms with Crippen LogP contribution in [0.2, 0.25) is 0 Å². The monoisotopic (exact) mass is 292 g/mol. The van der Waals surface area contributed by atoms with Crippen molar-refractivity contribution in [1.29, 1.82) is 0 Å². The first-order chi connectivity index (χ1) is 9.92. The predicted octanol–water partition coefficient (Wildman–Crippen LogP) is 3.42. The molecule has 0 aromatic heterocycles. The smallest absolute Gasteiger partial charge is 0.410 e. The molecule has 0 atom stereocenters. The first-order valence-corrected chi connectivity index (χ1v) is 7.65. The second-order valence-corrected chi connectivity index (χ2v) is 6.08. The summed E-state index contributed by atoms with van der Waals surface area (Å²) in [6.45, 7) is 10.8. The van der Waals surface area contributed by atoms with Crippen molar-refractivity contribution >= 4 is 6.09 Å². The summed E-state index contributed by atoms with van der Waals surface area (Å²) in [6.07, 6.45) is 0.688. The van der Waals surface area contributed by atoms with Crippen LogP contribution in [0.25, 0.3) is 0 Å². The Kier molecular flexibility index (Phi) is 7.23. The molecule has 21 heavy (non-hydrogen) atoms. The Balaban J connectivity index is 2.22. The van der Waals surface area contributed by atoms with Crippen molar-refractivity contribution in [3.05, 3.63) is 35.9 Å². The molecule has 118 valence electrons. The van der Waals surface area contributed by atoms with Crippen LogP contribution in [0.5, 0.6) is 0 Å². The summed E-state index contributed by atoms with van der Waals surface area (Å²) < 4.78 is 5.38. The minimum Gasteiger partial charge on any atom is -0.444 e. The van der Waals surface area contributed by atoms with Crippen molar-refractivity contribution in [1.82, 2.24) is 10.2 Å². The molecule has 0 aliphatic heterocycles. The molecule has 0 saturated carbocycles. The molecule has 0 fully saturated rings. The van der Waals surface area contributed by atoms with Gasteiger partial charge in [0.2, 0.25) is 0 Å².